The molecule has 0 bridgehead atoms. The lowest BCUT2D eigenvalue weighted by atomic mass is 10.0. The molecule has 1 aromatic heterocycles. The fraction of sp³-hybridized carbons (Fsp3) is 0.727. The molecule has 2 heterocycles. The Balaban J connectivity index is 1.96. The maximum Gasteiger partial charge on any atom is 0.145 e. The Morgan fingerprint density at radius 2 is 2.56 bits per heavy atom. The molecule has 0 radical (unpaired) electrons. The lowest BCUT2D eigenvalue weighted by Gasteiger charge is -2.07. The van der Waals surface area contributed by atoms with Gasteiger partial charge in [-0.25, -0.2) is 9.67 Å². The molecule has 0 N–H and O–H groups in total. The van der Waals surface area contributed by atoms with Crippen LogP contribution < -0.4 is 0 Å². The van der Waals surface area contributed by atoms with Crippen LogP contribution >= 0.6 is 0 Å². The van der Waals surface area contributed by atoms with Gasteiger partial charge in [-0.3, -0.25) is 4.79 Å². The fourth-order valence-electron chi connectivity index (χ4n) is 1.91. The molecule has 88 valence electrons. The van der Waals surface area contributed by atoms with E-state index in [-0.39, 0.29) is 11.7 Å². The van der Waals surface area contributed by atoms with Crippen LogP contribution in [0.15, 0.2) is 6.33 Å². The SMILES string of the molecule is CCCn1ncnc1CC(=O)C1CCOC1. The highest BCUT2D eigenvalue weighted by Gasteiger charge is 2.24. The molecule has 1 aliphatic heterocycles. The number of nitrogens with zero attached hydrogens (tertiary/aromatic N) is 3. The minimum absolute atomic E-state index is 0.0618. The van der Waals surface area contributed by atoms with E-state index in [2.05, 4.69) is 17.0 Å². The first-order chi connectivity index (χ1) is 7.81. The van der Waals surface area contributed by atoms with Crippen LogP contribution in [0.5, 0.6) is 0 Å². The Kier molecular flexibility index (Phi) is 3.66. The second kappa shape index (κ2) is 5.21. The maximum atomic E-state index is 11.9. The van der Waals surface area contributed by atoms with Crippen molar-refractivity contribution in [2.24, 2.45) is 5.92 Å². The second-order valence-electron chi connectivity index (χ2n) is 4.10. The van der Waals surface area contributed by atoms with E-state index >= 15 is 0 Å². The topological polar surface area (TPSA) is 57.0 Å². The summed E-state index contributed by atoms with van der Waals surface area (Å²) in [6, 6.07) is 0. The third kappa shape index (κ3) is 2.47. The number of aromatic nitrogens is 3. The summed E-state index contributed by atoms with van der Waals surface area (Å²) in [5, 5.41) is 4.11. The molecule has 1 unspecified atom stereocenters. The van der Waals surface area contributed by atoms with E-state index < -0.39 is 0 Å². The molecule has 0 amide bonds. The minimum Gasteiger partial charge on any atom is -0.381 e. The standard InChI is InChI=1S/C11H17N3O2/c1-2-4-14-11(12-8-13-14)6-10(15)9-3-5-16-7-9/h8-9H,2-7H2,1H3. The molecule has 5 nitrogen and oxygen atoms in total. The summed E-state index contributed by atoms with van der Waals surface area (Å²) in [5.74, 6) is 1.06. The summed E-state index contributed by atoms with van der Waals surface area (Å²) >= 11 is 0. The Hall–Kier alpha value is -1.23. The van der Waals surface area contributed by atoms with E-state index in [0.717, 1.165) is 25.2 Å². The van der Waals surface area contributed by atoms with E-state index in [0.29, 0.717) is 19.6 Å². The summed E-state index contributed by atoms with van der Waals surface area (Å²) in [4.78, 5) is 16.0. The van der Waals surface area contributed by atoms with Crippen LogP contribution in [0.3, 0.4) is 0 Å². The smallest absolute Gasteiger partial charge is 0.145 e. The van der Waals surface area contributed by atoms with Crippen molar-refractivity contribution in [1.29, 1.82) is 0 Å². The third-order valence-electron chi connectivity index (χ3n) is 2.85. The number of Topliss-reactive ketones (excluding diaryl/α,β-unsaturated/α-hetero) is 1. The number of aryl methyl sites for hydroxylation is 1. The molecule has 1 aliphatic rings. The molecule has 1 aromatic rings. The number of carbonyl (C=O) groups excluding carboxylic acids is 1. The predicted octanol–water partition coefficient (Wildman–Crippen LogP) is 0.836. The van der Waals surface area contributed by atoms with Crippen molar-refractivity contribution in [3.05, 3.63) is 12.2 Å². The molecule has 0 spiro atoms. The predicted molar refractivity (Wildman–Crippen MR) is 58.0 cm³/mol. The average molecular weight is 223 g/mol. The number of ketones is 1. The first-order valence-corrected chi connectivity index (χ1v) is 5.78. The van der Waals surface area contributed by atoms with Gasteiger partial charge in [0.15, 0.2) is 0 Å². The van der Waals surface area contributed by atoms with Crippen molar-refractivity contribution in [3.63, 3.8) is 0 Å². The van der Waals surface area contributed by atoms with E-state index in [9.17, 15) is 4.79 Å². The van der Waals surface area contributed by atoms with Gasteiger partial charge in [0.25, 0.3) is 0 Å². The van der Waals surface area contributed by atoms with Gasteiger partial charge in [0, 0.05) is 19.1 Å². The summed E-state index contributed by atoms with van der Waals surface area (Å²) in [6.07, 6.45) is 3.75. The lowest BCUT2D eigenvalue weighted by Crippen LogP contribution is -2.19. The van der Waals surface area contributed by atoms with E-state index in [1.165, 1.54) is 6.33 Å². The fourth-order valence-corrected chi connectivity index (χ4v) is 1.91. The van der Waals surface area contributed by atoms with Crippen LogP contribution in [0.4, 0.5) is 0 Å². The van der Waals surface area contributed by atoms with E-state index in [1.807, 2.05) is 4.68 Å². The molecule has 1 saturated heterocycles. The number of hydrogen-bond acceptors (Lipinski definition) is 4. The molecule has 0 aromatic carbocycles. The van der Waals surface area contributed by atoms with Crippen molar-refractivity contribution in [2.45, 2.75) is 32.7 Å². The van der Waals surface area contributed by atoms with Crippen LogP contribution in [-0.2, 0) is 22.5 Å². The van der Waals surface area contributed by atoms with Gasteiger partial charge in [0.1, 0.15) is 17.9 Å². The molecule has 1 fully saturated rings. The maximum absolute atomic E-state index is 11.9. The number of carbonyl (C=O) groups is 1. The van der Waals surface area contributed by atoms with Crippen LogP contribution in [0.1, 0.15) is 25.6 Å². The van der Waals surface area contributed by atoms with Crippen LogP contribution in [0, 0.1) is 5.92 Å². The van der Waals surface area contributed by atoms with E-state index in [4.69, 9.17) is 4.74 Å². The Morgan fingerprint density at radius 3 is 3.25 bits per heavy atom. The summed E-state index contributed by atoms with van der Waals surface area (Å²) in [6.45, 7) is 4.18. The summed E-state index contributed by atoms with van der Waals surface area (Å²) in [5.41, 5.74) is 0. The first kappa shape index (κ1) is 11.3. The highest BCUT2D eigenvalue weighted by molar-refractivity contribution is 5.82. The van der Waals surface area contributed by atoms with Crippen molar-refractivity contribution < 1.29 is 9.53 Å². The number of rotatable bonds is 5. The lowest BCUT2D eigenvalue weighted by molar-refractivity contribution is -0.122. The van der Waals surface area contributed by atoms with Crippen molar-refractivity contribution in [2.75, 3.05) is 13.2 Å². The highest BCUT2D eigenvalue weighted by Crippen LogP contribution is 2.15. The Labute approximate surface area is 94.8 Å². The molecular formula is C11H17N3O2. The molecule has 0 saturated carbocycles. The highest BCUT2D eigenvalue weighted by atomic mass is 16.5. The monoisotopic (exact) mass is 223 g/mol. The second-order valence-corrected chi connectivity index (χ2v) is 4.10. The van der Waals surface area contributed by atoms with Crippen molar-refractivity contribution in [3.8, 4) is 0 Å². The third-order valence-corrected chi connectivity index (χ3v) is 2.85. The number of ether oxygens (including phenoxy) is 1. The van der Waals surface area contributed by atoms with Gasteiger partial charge in [-0.2, -0.15) is 5.10 Å². The van der Waals surface area contributed by atoms with Gasteiger partial charge in [0.2, 0.25) is 0 Å². The average Bonchev–Trinajstić information content (AvgIpc) is 2.90. The molecule has 5 heteroatoms. The van der Waals surface area contributed by atoms with Gasteiger partial charge in [-0.15, -0.1) is 0 Å². The van der Waals surface area contributed by atoms with Gasteiger partial charge in [-0.1, -0.05) is 6.92 Å². The normalized spacial score (nSPS) is 20.2. The van der Waals surface area contributed by atoms with Crippen molar-refractivity contribution in [1.82, 2.24) is 14.8 Å². The zero-order chi connectivity index (χ0) is 11.4. The molecular weight excluding hydrogens is 206 g/mol. The first-order valence-electron chi connectivity index (χ1n) is 5.78. The minimum atomic E-state index is 0.0618. The van der Waals surface area contributed by atoms with Crippen LogP contribution in [0.25, 0.3) is 0 Å². The number of hydrogen-bond donors (Lipinski definition) is 0. The zero-order valence-electron chi connectivity index (χ0n) is 9.56. The van der Waals surface area contributed by atoms with E-state index in [1.54, 1.807) is 0 Å². The van der Waals surface area contributed by atoms with Gasteiger partial charge in [-0.05, 0) is 12.8 Å². The molecule has 16 heavy (non-hydrogen) atoms. The van der Waals surface area contributed by atoms with Gasteiger partial charge in [0.05, 0.1) is 13.0 Å². The Morgan fingerprint density at radius 1 is 1.69 bits per heavy atom. The van der Waals surface area contributed by atoms with Crippen LogP contribution in [-0.4, -0.2) is 33.8 Å². The van der Waals surface area contributed by atoms with Crippen LogP contribution in [0.2, 0.25) is 0 Å². The zero-order valence-corrected chi connectivity index (χ0v) is 9.56. The van der Waals surface area contributed by atoms with Gasteiger partial charge >= 0.3 is 0 Å². The quantitative estimate of drug-likeness (QED) is 0.742. The molecule has 1 atom stereocenters. The Bertz CT molecular complexity index is 356. The van der Waals surface area contributed by atoms with Gasteiger partial charge < -0.3 is 4.74 Å². The summed E-state index contributed by atoms with van der Waals surface area (Å²) < 4.78 is 7.02. The largest absolute Gasteiger partial charge is 0.381 e. The summed E-state index contributed by atoms with van der Waals surface area (Å²) in [7, 11) is 0. The molecule has 2 rings (SSSR count). The van der Waals surface area contributed by atoms with Crippen molar-refractivity contribution >= 4 is 5.78 Å². The molecule has 0 aliphatic carbocycles.